The summed E-state index contributed by atoms with van der Waals surface area (Å²) in [7, 11) is 0. The predicted molar refractivity (Wildman–Crippen MR) is 56.9 cm³/mol. The molecule has 2 heterocycles. The second kappa shape index (κ2) is 2.53. The fourth-order valence-electron chi connectivity index (χ4n) is 2.24. The van der Waals surface area contributed by atoms with Crippen LogP contribution in [0.3, 0.4) is 0 Å². The Morgan fingerprint density at radius 2 is 1.93 bits per heavy atom. The fourth-order valence-corrected chi connectivity index (χ4v) is 2.24. The fraction of sp³-hybridized carbons (Fsp3) is 0.500. The van der Waals surface area contributed by atoms with E-state index in [1.54, 1.807) is 0 Å². The number of nitrogens with zero attached hydrogens (tertiary/aromatic N) is 2. The minimum absolute atomic E-state index is 0.447. The molecule has 2 atom stereocenters. The van der Waals surface area contributed by atoms with Gasteiger partial charge in [-0.2, -0.15) is 0 Å². The molecule has 2 unspecified atom stereocenters. The number of anilines is 3. The first kappa shape index (κ1) is 7.91. The van der Waals surface area contributed by atoms with Crippen LogP contribution in [0.5, 0.6) is 0 Å². The molecule has 14 heavy (non-hydrogen) atoms. The minimum atomic E-state index is 0.447. The third-order valence-electron chi connectivity index (χ3n) is 3.25. The molecule has 1 aromatic rings. The second-order valence-electron chi connectivity index (χ2n) is 4.30. The van der Waals surface area contributed by atoms with Gasteiger partial charge in [0.25, 0.3) is 0 Å². The molecule has 1 saturated carbocycles. The van der Waals surface area contributed by atoms with Gasteiger partial charge in [-0.3, -0.25) is 0 Å². The summed E-state index contributed by atoms with van der Waals surface area (Å²) in [5.74, 6) is 3.25. The molecule has 74 valence electrons. The minimum Gasteiger partial charge on any atom is -0.396 e. The number of hydrogen-bond donors (Lipinski definition) is 2. The Morgan fingerprint density at radius 3 is 2.57 bits per heavy atom. The SMILES string of the molecule is Nc1ccc(N2CC3CC3C2)nc1N. The van der Waals surface area contributed by atoms with Gasteiger partial charge in [0.1, 0.15) is 11.6 Å². The summed E-state index contributed by atoms with van der Waals surface area (Å²) < 4.78 is 0. The lowest BCUT2D eigenvalue weighted by atomic mass is 10.3. The zero-order valence-corrected chi connectivity index (χ0v) is 7.98. The van der Waals surface area contributed by atoms with Crippen LogP contribution in [0.1, 0.15) is 6.42 Å². The molecule has 2 fully saturated rings. The molecule has 0 spiro atoms. The Labute approximate surface area is 82.9 Å². The molecule has 0 aromatic carbocycles. The van der Waals surface area contributed by atoms with E-state index in [-0.39, 0.29) is 0 Å². The van der Waals surface area contributed by atoms with Gasteiger partial charge in [0, 0.05) is 13.1 Å². The number of piperidine rings is 1. The van der Waals surface area contributed by atoms with Crippen molar-refractivity contribution in [3.63, 3.8) is 0 Å². The third kappa shape index (κ3) is 1.10. The van der Waals surface area contributed by atoms with E-state index in [1.807, 2.05) is 12.1 Å². The number of aromatic nitrogens is 1. The first-order valence-corrected chi connectivity index (χ1v) is 5.01. The molecular formula is C10H14N4. The van der Waals surface area contributed by atoms with Crippen molar-refractivity contribution >= 4 is 17.3 Å². The smallest absolute Gasteiger partial charge is 0.149 e. The lowest BCUT2D eigenvalue weighted by molar-refractivity contribution is 0.806. The van der Waals surface area contributed by atoms with E-state index in [0.29, 0.717) is 11.5 Å². The van der Waals surface area contributed by atoms with Gasteiger partial charge >= 0.3 is 0 Å². The molecule has 4 heteroatoms. The van der Waals surface area contributed by atoms with Gasteiger partial charge in [-0.15, -0.1) is 0 Å². The van der Waals surface area contributed by atoms with Crippen LogP contribution >= 0.6 is 0 Å². The van der Waals surface area contributed by atoms with E-state index < -0.39 is 0 Å². The Bertz CT molecular complexity index is 366. The highest BCUT2D eigenvalue weighted by molar-refractivity contribution is 5.62. The molecule has 0 radical (unpaired) electrons. The molecule has 1 aliphatic heterocycles. The third-order valence-corrected chi connectivity index (χ3v) is 3.25. The zero-order valence-electron chi connectivity index (χ0n) is 7.98. The van der Waals surface area contributed by atoms with E-state index in [9.17, 15) is 0 Å². The highest BCUT2D eigenvalue weighted by Gasteiger charge is 2.45. The van der Waals surface area contributed by atoms with E-state index in [2.05, 4.69) is 9.88 Å². The number of hydrogen-bond acceptors (Lipinski definition) is 4. The molecule has 0 amide bonds. The maximum atomic E-state index is 5.67. The summed E-state index contributed by atoms with van der Waals surface area (Å²) in [5.41, 5.74) is 11.9. The van der Waals surface area contributed by atoms with Crippen LogP contribution < -0.4 is 16.4 Å². The molecular weight excluding hydrogens is 176 g/mol. The van der Waals surface area contributed by atoms with Gasteiger partial charge in [0.2, 0.25) is 0 Å². The summed E-state index contributed by atoms with van der Waals surface area (Å²) in [4.78, 5) is 6.59. The van der Waals surface area contributed by atoms with Gasteiger partial charge in [-0.1, -0.05) is 0 Å². The molecule has 1 aliphatic carbocycles. The molecule has 3 rings (SSSR count). The van der Waals surface area contributed by atoms with Crippen LogP contribution in [-0.4, -0.2) is 18.1 Å². The highest BCUT2D eigenvalue weighted by atomic mass is 15.2. The second-order valence-corrected chi connectivity index (χ2v) is 4.30. The van der Waals surface area contributed by atoms with E-state index in [4.69, 9.17) is 11.5 Å². The van der Waals surface area contributed by atoms with Crippen LogP contribution in [-0.2, 0) is 0 Å². The number of nitrogens with two attached hydrogens (primary N) is 2. The van der Waals surface area contributed by atoms with E-state index in [1.165, 1.54) is 6.42 Å². The monoisotopic (exact) mass is 190 g/mol. The van der Waals surface area contributed by atoms with Crippen molar-refractivity contribution in [3.05, 3.63) is 12.1 Å². The van der Waals surface area contributed by atoms with Crippen LogP contribution in [0.15, 0.2) is 12.1 Å². The molecule has 1 saturated heterocycles. The lowest BCUT2D eigenvalue weighted by Crippen LogP contribution is -2.23. The number of nitrogen functional groups attached to an aromatic ring is 2. The van der Waals surface area contributed by atoms with Gasteiger partial charge in [-0.05, 0) is 30.4 Å². The van der Waals surface area contributed by atoms with E-state index >= 15 is 0 Å². The maximum absolute atomic E-state index is 5.67. The van der Waals surface area contributed by atoms with Crippen LogP contribution in [0.25, 0.3) is 0 Å². The van der Waals surface area contributed by atoms with Crippen molar-refractivity contribution in [2.45, 2.75) is 6.42 Å². The average molecular weight is 190 g/mol. The molecule has 1 aromatic heterocycles. The molecule has 2 aliphatic rings. The van der Waals surface area contributed by atoms with Crippen LogP contribution in [0.4, 0.5) is 17.3 Å². The lowest BCUT2D eigenvalue weighted by Gasteiger charge is -2.19. The Balaban J connectivity index is 1.86. The molecule has 0 bridgehead atoms. The largest absolute Gasteiger partial charge is 0.396 e. The topological polar surface area (TPSA) is 68.2 Å². The number of fused-ring (bicyclic) bond motifs is 1. The number of pyridine rings is 1. The standard InChI is InChI=1S/C10H14N4/c11-8-1-2-9(13-10(8)12)14-4-6-3-7(6)5-14/h1-2,6-7H,3-5,11H2,(H2,12,13). The van der Waals surface area contributed by atoms with Crippen molar-refractivity contribution in [2.24, 2.45) is 11.8 Å². The summed E-state index contributed by atoms with van der Waals surface area (Å²) >= 11 is 0. The number of rotatable bonds is 1. The quantitative estimate of drug-likeness (QED) is 0.684. The van der Waals surface area contributed by atoms with Crippen LogP contribution in [0, 0.1) is 11.8 Å². The Kier molecular flexibility index (Phi) is 1.43. The molecule has 4 nitrogen and oxygen atoms in total. The van der Waals surface area contributed by atoms with Crippen molar-refractivity contribution in [3.8, 4) is 0 Å². The summed E-state index contributed by atoms with van der Waals surface area (Å²) in [6.07, 6.45) is 1.40. The summed E-state index contributed by atoms with van der Waals surface area (Å²) in [6, 6.07) is 3.79. The van der Waals surface area contributed by atoms with Gasteiger partial charge in [-0.25, -0.2) is 4.98 Å². The van der Waals surface area contributed by atoms with E-state index in [0.717, 1.165) is 30.7 Å². The summed E-state index contributed by atoms with van der Waals surface area (Å²) in [6.45, 7) is 2.28. The average Bonchev–Trinajstić information content (AvgIpc) is 2.78. The van der Waals surface area contributed by atoms with Gasteiger partial charge in [0.15, 0.2) is 0 Å². The maximum Gasteiger partial charge on any atom is 0.149 e. The van der Waals surface area contributed by atoms with Crippen molar-refractivity contribution in [2.75, 3.05) is 29.5 Å². The Morgan fingerprint density at radius 1 is 1.21 bits per heavy atom. The first-order valence-electron chi connectivity index (χ1n) is 5.01. The Hall–Kier alpha value is -1.45. The normalized spacial score (nSPS) is 29.0. The predicted octanol–water partition coefficient (Wildman–Crippen LogP) is 0.702. The first-order chi connectivity index (χ1) is 6.74. The van der Waals surface area contributed by atoms with Crippen LogP contribution in [0.2, 0.25) is 0 Å². The van der Waals surface area contributed by atoms with Gasteiger partial charge in [0.05, 0.1) is 5.69 Å². The van der Waals surface area contributed by atoms with Crippen molar-refractivity contribution < 1.29 is 0 Å². The summed E-state index contributed by atoms with van der Waals surface area (Å²) in [5, 5.41) is 0. The van der Waals surface area contributed by atoms with Crippen molar-refractivity contribution in [1.82, 2.24) is 4.98 Å². The zero-order chi connectivity index (χ0) is 9.71. The van der Waals surface area contributed by atoms with Crippen molar-refractivity contribution in [1.29, 1.82) is 0 Å². The molecule has 4 N–H and O–H groups in total. The highest BCUT2D eigenvalue weighted by Crippen LogP contribution is 2.46. The van der Waals surface area contributed by atoms with Gasteiger partial charge < -0.3 is 16.4 Å².